The number of carbonyl (C=O) groups is 1. The van der Waals surface area contributed by atoms with E-state index in [1.807, 2.05) is 41.5 Å². The molecule has 2 rings (SSSR count). The molecule has 0 saturated heterocycles. The molecule has 0 amide bonds. The number of hydrogen-bond acceptors (Lipinski definition) is 5. The monoisotopic (exact) mass is 464 g/mol. The molecular formula is C24H32O5S2. The van der Waals surface area contributed by atoms with E-state index in [-0.39, 0.29) is 27.0 Å². The fourth-order valence-electron chi connectivity index (χ4n) is 3.06. The summed E-state index contributed by atoms with van der Waals surface area (Å²) in [6, 6.07) is 13.1. The van der Waals surface area contributed by atoms with Gasteiger partial charge in [-0.05, 0) is 46.2 Å². The van der Waals surface area contributed by atoms with Crippen LogP contribution in [-0.2, 0) is 35.3 Å². The molecule has 0 radical (unpaired) electrons. The van der Waals surface area contributed by atoms with Crippen LogP contribution < -0.4 is 0 Å². The van der Waals surface area contributed by atoms with Gasteiger partial charge in [0.25, 0.3) is 0 Å². The van der Waals surface area contributed by atoms with Crippen LogP contribution in [0.5, 0.6) is 0 Å². The minimum atomic E-state index is -3.82. The Balaban J connectivity index is 2.05. The van der Waals surface area contributed by atoms with E-state index in [1.54, 1.807) is 24.3 Å². The van der Waals surface area contributed by atoms with Crippen LogP contribution >= 0.6 is 0 Å². The fourth-order valence-corrected chi connectivity index (χ4v) is 5.63. The van der Waals surface area contributed by atoms with E-state index in [2.05, 4.69) is 0 Å². The molecule has 0 N–H and O–H groups in total. The van der Waals surface area contributed by atoms with Crippen molar-refractivity contribution in [3.63, 3.8) is 0 Å². The van der Waals surface area contributed by atoms with E-state index in [0.29, 0.717) is 0 Å². The first-order valence-electron chi connectivity index (χ1n) is 10.2. The molecule has 31 heavy (non-hydrogen) atoms. The zero-order chi connectivity index (χ0) is 23.7. The normalized spacial score (nSPS) is 13.2. The molecule has 2 aromatic carbocycles. The molecule has 0 heterocycles. The maximum absolute atomic E-state index is 12.6. The van der Waals surface area contributed by atoms with Crippen LogP contribution in [0.25, 0.3) is 0 Å². The average Bonchev–Trinajstić information content (AvgIpc) is 2.65. The number of Topliss-reactive ketones (excluding diaryl/α,β-unsaturated/α-hetero) is 1. The van der Waals surface area contributed by atoms with Gasteiger partial charge in [-0.3, -0.25) is 4.79 Å². The Hall–Kier alpha value is -1.99. The van der Waals surface area contributed by atoms with Gasteiger partial charge < -0.3 is 0 Å². The van der Waals surface area contributed by atoms with Crippen LogP contribution in [0.3, 0.4) is 0 Å². The highest BCUT2D eigenvalue weighted by atomic mass is 32.2. The molecular weight excluding hydrogens is 432 g/mol. The second-order valence-electron chi connectivity index (χ2n) is 9.92. The third-order valence-corrected chi connectivity index (χ3v) is 8.58. The Morgan fingerprint density at radius 3 is 1.35 bits per heavy atom. The SMILES string of the molecule is CC(C)(C)c1ccc(S(=O)(=O)CCC(=O)CS(=O)(=O)c2ccc(C(C)(C)C)cc2)cc1. The maximum atomic E-state index is 12.6. The first-order chi connectivity index (χ1) is 14.0. The summed E-state index contributed by atoms with van der Waals surface area (Å²) in [5, 5.41) is 0. The van der Waals surface area contributed by atoms with Gasteiger partial charge in [0.05, 0.1) is 15.5 Å². The van der Waals surface area contributed by atoms with Crippen LogP contribution in [0.15, 0.2) is 58.3 Å². The number of sulfone groups is 2. The predicted octanol–water partition coefficient (Wildman–Crippen LogP) is 4.49. The van der Waals surface area contributed by atoms with E-state index in [0.717, 1.165) is 11.1 Å². The molecule has 0 spiro atoms. The fraction of sp³-hybridized carbons (Fsp3) is 0.458. The summed E-state index contributed by atoms with van der Waals surface area (Å²) in [5.41, 5.74) is 1.78. The van der Waals surface area contributed by atoms with Crippen LogP contribution in [0, 0.1) is 0 Å². The largest absolute Gasteiger partial charge is 0.299 e. The summed E-state index contributed by atoms with van der Waals surface area (Å²) in [4.78, 5) is 12.5. The highest BCUT2D eigenvalue weighted by molar-refractivity contribution is 7.92. The summed E-state index contributed by atoms with van der Waals surface area (Å²) in [7, 11) is -7.50. The van der Waals surface area contributed by atoms with Crippen LogP contribution in [-0.4, -0.2) is 34.1 Å². The van der Waals surface area contributed by atoms with Crippen molar-refractivity contribution in [2.24, 2.45) is 0 Å². The van der Waals surface area contributed by atoms with E-state index in [1.165, 1.54) is 24.3 Å². The Bertz CT molecular complexity index is 1130. The number of rotatable bonds is 7. The number of hydrogen-bond donors (Lipinski definition) is 0. The minimum absolute atomic E-state index is 0.0643. The molecule has 7 heteroatoms. The molecule has 170 valence electrons. The lowest BCUT2D eigenvalue weighted by molar-refractivity contribution is -0.116. The van der Waals surface area contributed by atoms with Crippen LogP contribution in [0.1, 0.15) is 59.1 Å². The van der Waals surface area contributed by atoms with E-state index >= 15 is 0 Å². The summed E-state index contributed by atoms with van der Waals surface area (Å²) in [6.45, 7) is 12.2. The lowest BCUT2D eigenvalue weighted by atomic mass is 9.87. The molecule has 0 saturated carbocycles. The van der Waals surface area contributed by atoms with Gasteiger partial charge >= 0.3 is 0 Å². The molecule has 2 aromatic rings. The Morgan fingerprint density at radius 2 is 1.00 bits per heavy atom. The van der Waals surface area contributed by atoms with Crippen molar-refractivity contribution in [1.29, 1.82) is 0 Å². The molecule has 0 aliphatic carbocycles. The maximum Gasteiger partial charge on any atom is 0.185 e. The zero-order valence-electron chi connectivity index (χ0n) is 19.1. The van der Waals surface area contributed by atoms with Crippen molar-refractivity contribution in [2.45, 2.75) is 68.6 Å². The van der Waals surface area contributed by atoms with Crippen molar-refractivity contribution < 1.29 is 21.6 Å². The second kappa shape index (κ2) is 8.87. The summed E-state index contributed by atoms with van der Waals surface area (Å²) >= 11 is 0. The smallest absolute Gasteiger partial charge is 0.185 e. The van der Waals surface area contributed by atoms with Crippen molar-refractivity contribution in [2.75, 3.05) is 11.5 Å². The Morgan fingerprint density at radius 1 is 0.645 bits per heavy atom. The van der Waals surface area contributed by atoms with Crippen LogP contribution in [0.2, 0.25) is 0 Å². The minimum Gasteiger partial charge on any atom is -0.299 e. The van der Waals surface area contributed by atoms with Gasteiger partial charge in [0.2, 0.25) is 0 Å². The van der Waals surface area contributed by atoms with E-state index < -0.39 is 37.0 Å². The van der Waals surface area contributed by atoms with Crippen molar-refractivity contribution >= 4 is 25.5 Å². The first-order valence-corrected chi connectivity index (χ1v) is 13.5. The van der Waals surface area contributed by atoms with Gasteiger partial charge in [-0.25, -0.2) is 16.8 Å². The van der Waals surface area contributed by atoms with Gasteiger partial charge in [0.15, 0.2) is 19.7 Å². The molecule has 5 nitrogen and oxygen atoms in total. The summed E-state index contributed by atoms with van der Waals surface area (Å²) in [5.74, 6) is -1.74. The average molecular weight is 465 g/mol. The number of ketones is 1. The topological polar surface area (TPSA) is 85.3 Å². The van der Waals surface area contributed by atoms with Gasteiger partial charge in [0.1, 0.15) is 11.5 Å². The number of carbonyl (C=O) groups excluding carboxylic acids is 1. The second-order valence-corrected chi connectivity index (χ2v) is 14.0. The van der Waals surface area contributed by atoms with Crippen molar-refractivity contribution in [1.82, 2.24) is 0 Å². The molecule has 0 unspecified atom stereocenters. The van der Waals surface area contributed by atoms with Crippen molar-refractivity contribution in [3.8, 4) is 0 Å². The van der Waals surface area contributed by atoms with Gasteiger partial charge in [-0.1, -0.05) is 65.8 Å². The lowest BCUT2D eigenvalue weighted by Crippen LogP contribution is -2.20. The summed E-state index contributed by atoms with van der Waals surface area (Å²) in [6.07, 6.45) is -0.345. The van der Waals surface area contributed by atoms with Crippen molar-refractivity contribution in [3.05, 3.63) is 59.7 Å². The zero-order valence-corrected chi connectivity index (χ0v) is 20.7. The van der Waals surface area contributed by atoms with Gasteiger partial charge in [-0.2, -0.15) is 0 Å². The highest BCUT2D eigenvalue weighted by Crippen LogP contribution is 2.25. The summed E-state index contributed by atoms with van der Waals surface area (Å²) < 4.78 is 50.2. The van der Waals surface area contributed by atoms with E-state index in [9.17, 15) is 21.6 Å². The quantitative estimate of drug-likeness (QED) is 0.603. The number of benzene rings is 2. The van der Waals surface area contributed by atoms with Crippen LogP contribution in [0.4, 0.5) is 0 Å². The molecule has 0 bridgehead atoms. The first kappa shape index (κ1) is 25.3. The third kappa shape index (κ3) is 6.74. The van der Waals surface area contributed by atoms with E-state index in [4.69, 9.17) is 0 Å². The highest BCUT2D eigenvalue weighted by Gasteiger charge is 2.23. The molecule has 0 fully saturated rings. The standard InChI is InChI=1S/C24H32O5S2/c1-23(2,3)18-7-11-21(12-8-18)30(26,27)16-15-20(25)17-31(28,29)22-13-9-19(10-14-22)24(4,5)6/h7-14H,15-17H2,1-6H3. The van der Waals surface area contributed by atoms with Gasteiger partial charge in [-0.15, -0.1) is 0 Å². The third-order valence-electron chi connectivity index (χ3n) is 5.16. The molecule has 0 aliphatic rings. The Kier molecular flexibility index (Phi) is 7.23. The van der Waals surface area contributed by atoms with Gasteiger partial charge in [0, 0.05) is 6.42 Å². The lowest BCUT2D eigenvalue weighted by Gasteiger charge is -2.19. The molecule has 0 atom stereocenters. The molecule has 0 aromatic heterocycles. The Labute approximate surface area is 186 Å². The predicted molar refractivity (Wildman–Crippen MR) is 124 cm³/mol. The molecule has 0 aliphatic heterocycles.